The second kappa shape index (κ2) is 6.49. The normalized spacial score (nSPS) is 21.2. The van der Waals surface area contributed by atoms with Gasteiger partial charge in [0, 0.05) is 30.5 Å². The third-order valence-electron chi connectivity index (χ3n) is 5.38. The molecule has 0 amide bonds. The van der Waals surface area contributed by atoms with E-state index < -0.39 is 5.97 Å². The number of anilines is 2. The van der Waals surface area contributed by atoms with Gasteiger partial charge in [0.2, 0.25) is 0 Å². The van der Waals surface area contributed by atoms with Gasteiger partial charge in [-0.25, -0.2) is 14.3 Å². The number of esters is 1. The Kier molecular flexibility index (Phi) is 3.94. The highest BCUT2D eigenvalue weighted by atomic mass is 16.5. The van der Waals surface area contributed by atoms with Gasteiger partial charge < -0.3 is 20.1 Å². The number of nitrogens with two attached hydrogens (primary N) is 1. The molecule has 8 nitrogen and oxygen atoms in total. The first kappa shape index (κ1) is 17.0. The van der Waals surface area contributed by atoms with E-state index >= 15 is 0 Å². The number of ether oxygens (including phenoxy) is 2. The summed E-state index contributed by atoms with van der Waals surface area (Å²) in [6.45, 7) is 1.56. The second-order valence-corrected chi connectivity index (χ2v) is 7.29. The predicted octanol–water partition coefficient (Wildman–Crippen LogP) is 2.13. The molecule has 0 radical (unpaired) electrons. The van der Waals surface area contributed by atoms with Crippen LogP contribution in [0.1, 0.15) is 23.2 Å². The molecule has 3 aromatic rings. The van der Waals surface area contributed by atoms with Gasteiger partial charge in [0.25, 0.3) is 0 Å². The van der Waals surface area contributed by atoms with Crippen molar-refractivity contribution in [2.75, 3.05) is 30.8 Å². The Bertz CT molecular complexity index is 1030. The summed E-state index contributed by atoms with van der Waals surface area (Å²) in [6, 6.07) is 9.23. The van der Waals surface area contributed by atoms with Gasteiger partial charge in [-0.2, -0.15) is 0 Å². The summed E-state index contributed by atoms with van der Waals surface area (Å²) in [5.41, 5.74) is 8.59. The standard InChI is InChI=1S/C20H21N5O3/c1-27-20(26)13-8-17-19(24-10-15-6-7-16(11-24)28-15)22-18(23-25(17)9-13)12-2-4-14(21)5-3-12/h2-5,8-9,15-16H,6-7,10-11,21H2,1H3. The maximum Gasteiger partial charge on any atom is 0.339 e. The number of benzene rings is 1. The van der Waals surface area contributed by atoms with Crippen molar-refractivity contribution in [2.24, 2.45) is 0 Å². The molecule has 2 saturated heterocycles. The molecule has 2 fully saturated rings. The fourth-order valence-electron chi connectivity index (χ4n) is 3.99. The molecule has 2 aromatic heterocycles. The Balaban J connectivity index is 1.65. The van der Waals surface area contributed by atoms with Gasteiger partial charge in [-0.05, 0) is 43.2 Å². The molecule has 2 aliphatic heterocycles. The van der Waals surface area contributed by atoms with E-state index in [9.17, 15) is 4.79 Å². The number of morpholine rings is 1. The summed E-state index contributed by atoms with van der Waals surface area (Å²) in [5.74, 6) is 0.984. The van der Waals surface area contributed by atoms with Gasteiger partial charge in [0.1, 0.15) is 5.52 Å². The second-order valence-electron chi connectivity index (χ2n) is 7.29. The Labute approximate surface area is 161 Å². The highest BCUT2D eigenvalue weighted by Gasteiger charge is 2.35. The monoisotopic (exact) mass is 379 g/mol. The first-order chi connectivity index (χ1) is 13.6. The Morgan fingerprint density at radius 3 is 2.61 bits per heavy atom. The zero-order valence-electron chi connectivity index (χ0n) is 15.5. The molecule has 2 atom stereocenters. The molecular formula is C20H21N5O3. The lowest BCUT2D eigenvalue weighted by Crippen LogP contribution is -2.43. The van der Waals surface area contributed by atoms with E-state index in [0.717, 1.165) is 42.8 Å². The number of fused-ring (bicyclic) bond motifs is 3. The number of hydrogen-bond acceptors (Lipinski definition) is 7. The minimum absolute atomic E-state index is 0.226. The molecule has 0 saturated carbocycles. The van der Waals surface area contributed by atoms with Gasteiger partial charge in [0.15, 0.2) is 11.6 Å². The predicted molar refractivity (Wildman–Crippen MR) is 104 cm³/mol. The fourth-order valence-corrected chi connectivity index (χ4v) is 3.99. The fraction of sp³-hybridized carbons (Fsp3) is 0.350. The lowest BCUT2D eigenvalue weighted by molar-refractivity contribution is 0.0303. The van der Waals surface area contributed by atoms with E-state index in [4.69, 9.17) is 20.2 Å². The number of aromatic nitrogens is 3. The molecule has 28 heavy (non-hydrogen) atoms. The van der Waals surface area contributed by atoms with Crippen LogP contribution in [-0.4, -0.2) is 53.0 Å². The van der Waals surface area contributed by atoms with Gasteiger partial charge in [-0.1, -0.05) is 0 Å². The molecule has 144 valence electrons. The van der Waals surface area contributed by atoms with E-state index in [1.54, 1.807) is 16.8 Å². The first-order valence-corrected chi connectivity index (χ1v) is 9.36. The molecule has 0 spiro atoms. The lowest BCUT2D eigenvalue weighted by Gasteiger charge is -2.33. The van der Waals surface area contributed by atoms with Crippen LogP contribution in [0, 0.1) is 0 Å². The molecule has 1 aromatic carbocycles. The molecular weight excluding hydrogens is 358 g/mol. The average molecular weight is 379 g/mol. The number of nitrogens with zero attached hydrogens (tertiary/aromatic N) is 4. The topological polar surface area (TPSA) is 95.0 Å². The van der Waals surface area contributed by atoms with E-state index in [2.05, 4.69) is 10.00 Å². The van der Waals surface area contributed by atoms with Crippen molar-refractivity contribution < 1.29 is 14.3 Å². The largest absolute Gasteiger partial charge is 0.465 e. The van der Waals surface area contributed by atoms with Crippen LogP contribution in [0.25, 0.3) is 16.9 Å². The molecule has 2 aliphatic rings. The number of methoxy groups -OCH3 is 1. The van der Waals surface area contributed by atoms with Gasteiger partial charge in [-0.3, -0.25) is 0 Å². The molecule has 8 heteroatoms. The lowest BCUT2D eigenvalue weighted by atomic mass is 10.2. The molecule has 0 aliphatic carbocycles. The van der Waals surface area contributed by atoms with Crippen molar-refractivity contribution in [3.8, 4) is 11.4 Å². The van der Waals surface area contributed by atoms with Crippen LogP contribution >= 0.6 is 0 Å². The quantitative estimate of drug-likeness (QED) is 0.550. The van der Waals surface area contributed by atoms with Crippen LogP contribution in [-0.2, 0) is 9.47 Å². The Hall–Kier alpha value is -3.13. The SMILES string of the molecule is COC(=O)c1cc2c(N3CC4CCC(C3)O4)nc(-c3ccc(N)cc3)nn2c1. The van der Waals surface area contributed by atoms with Crippen LogP contribution < -0.4 is 10.6 Å². The molecule has 4 heterocycles. The Morgan fingerprint density at radius 2 is 1.93 bits per heavy atom. The summed E-state index contributed by atoms with van der Waals surface area (Å²) in [6.07, 6.45) is 4.28. The minimum atomic E-state index is -0.396. The summed E-state index contributed by atoms with van der Waals surface area (Å²) in [5, 5.41) is 4.62. The first-order valence-electron chi connectivity index (χ1n) is 9.36. The van der Waals surface area contributed by atoms with Crippen LogP contribution in [0.15, 0.2) is 36.5 Å². The van der Waals surface area contributed by atoms with E-state index in [1.165, 1.54) is 7.11 Å². The summed E-state index contributed by atoms with van der Waals surface area (Å²) in [4.78, 5) is 19.2. The van der Waals surface area contributed by atoms with E-state index in [1.807, 2.05) is 24.3 Å². The van der Waals surface area contributed by atoms with E-state index in [-0.39, 0.29) is 12.2 Å². The third kappa shape index (κ3) is 2.86. The van der Waals surface area contributed by atoms with Crippen molar-refractivity contribution >= 4 is 23.0 Å². The average Bonchev–Trinajstić information content (AvgIpc) is 3.29. The van der Waals surface area contributed by atoms with Crippen molar-refractivity contribution in [1.29, 1.82) is 0 Å². The Morgan fingerprint density at radius 1 is 1.21 bits per heavy atom. The van der Waals surface area contributed by atoms with Crippen LogP contribution in [0.3, 0.4) is 0 Å². The van der Waals surface area contributed by atoms with Crippen molar-refractivity contribution in [1.82, 2.24) is 14.6 Å². The number of carbonyl (C=O) groups is 1. The molecule has 2 bridgehead atoms. The van der Waals surface area contributed by atoms with E-state index in [0.29, 0.717) is 17.1 Å². The molecule has 2 N–H and O–H groups in total. The highest BCUT2D eigenvalue weighted by molar-refractivity contribution is 5.92. The summed E-state index contributed by atoms with van der Waals surface area (Å²) >= 11 is 0. The summed E-state index contributed by atoms with van der Waals surface area (Å²) in [7, 11) is 1.37. The number of hydrogen-bond donors (Lipinski definition) is 1. The maximum absolute atomic E-state index is 12.0. The zero-order chi connectivity index (χ0) is 19.3. The smallest absolute Gasteiger partial charge is 0.339 e. The molecule has 2 unspecified atom stereocenters. The van der Waals surface area contributed by atoms with Gasteiger partial charge >= 0.3 is 5.97 Å². The van der Waals surface area contributed by atoms with Crippen LogP contribution in [0.5, 0.6) is 0 Å². The van der Waals surface area contributed by atoms with Crippen LogP contribution in [0.4, 0.5) is 11.5 Å². The van der Waals surface area contributed by atoms with Gasteiger partial charge in [-0.15, -0.1) is 5.10 Å². The van der Waals surface area contributed by atoms with Gasteiger partial charge in [0.05, 0.1) is 24.9 Å². The maximum atomic E-state index is 12.0. The number of nitrogen functional groups attached to an aromatic ring is 1. The number of carbonyl (C=O) groups excluding carboxylic acids is 1. The van der Waals surface area contributed by atoms with Crippen molar-refractivity contribution in [3.05, 3.63) is 42.1 Å². The van der Waals surface area contributed by atoms with Crippen LogP contribution in [0.2, 0.25) is 0 Å². The third-order valence-corrected chi connectivity index (χ3v) is 5.38. The summed E-state index contributed by atoms with van der Waals surface area (Å²) < 4.78 is 12.6. The number of rotatable bonds is 3. The minimum Gasteiger partial charge on any atom is -0.465 e. The zero-order valence-corrected chi connectivity index (χ0v) is 15.5. The van der Waals surface area contributed by atoms with Crippen molar-refractivity contribution in [2.45, 2.75) is 25.0 Å². The highest BCUT2D eigenvalue weighted by Crippen LogP contribution is 2.32. The molecule has 5 rings (SSSR count). The van der Waals surface area contributed by atoms with Crippen molar-refractivity contribution in [3.63, 3.8) is 0 Å².